The molecule has 4 heteroatoms. The van der Waals surface area contributed by atoms with E-state index in [4.69, 9.17) is 4.74 Å². The molecule has 4 nitrogen and oxygen atoms in total. The summed E-state index contributed by atoms with van der Waals surface area (Å²) in [5.74, 6) is 0. The molecular weight excluding hydrogens is 206 g/mol. The number of ether oxygens (including phenoxy) is 1. The first-order valence-corrected chi connectivity index (χ1v) is 5.19. The second-order valence-corrected chi connectivity index (χ2v) is 4.50. The number of anilines is 1. The highest BCUT2D eigenvalue weighted by Gasteiger charge is 2.47. The normalized spacial score (nSPS) is 23.4. The van der Waals surface area contributed by atoms with E-state index >= 15 is 0 Å². The lowest BCUT2D eigenvalue weighted by atomic mass is 10.1. The van der Waals surface area contributed by atoms with Gasteiger partial charge in [0.25, 0.3) is 0 Å². The van der Waals surface area contributed by atoms with Crippen LogP contribution in [0.2, 0.25) is 0 Å². The molecule has 16 heavy (non-hydrogen) atoms. The number of hydrogen-bond donors (Lipinski definition) is 1. The molecule has 0 radical (unpaired) electrons. The van der Waals surface area contributed by atoms with Crippen molar-refractivity contribution in [1.82, 2.24) is 0 Å². The third-order valence-electron chi connectivity index (χ3n) is 2.79. The quantitative estimate of drug-likeness (QED) is 0.789. The maximum absolute atomic E-state index is 11.7. The Kier molecular flexibility index (Phi) is 2.39. The highest BCUT2D eigenvalue weighted by atomic mass is 16.6. The van der Waals surface area contributed by atoms with Gasteiger partial charge in [0.05, 0.1) is 5.69 Å². The zero-order chi connectivity index (χ0) is 11.9. The van der Waals surface area contributed by atoms with Crippen LogP contribution in [-0.4, -0.2) is 23.0 Å². The Morgan fingerprint density at radius 3 is 2.50 bits per heavy atom. The van der Waals surface area contributed by atoms with Gasteiger partial charge in [0.15, 0.2) is 11.8 Å². The third-order valence-corrected chi connectivity index (χ3v) is 2.79. The molecule has 1 heterocycles. The second-order valence-electron chi connectivity index (χ2n) is 4.50. The molecule has 1 aliphatic heterocycles. The maximum atomic E-state index is 11.7. The fourth-order valence-corrected chi connectivity index (χ4v) is 1.80. The van der Waals surface area contributed by atoms with E-state index in [0.717, 1.165) is 5.56 Å². The van der Waals surface area contributed by atoms with Crippen molar-refractivity contribution in [2.45, 2.75) is 32.6 Å². The molecular formula is C12H15NO3. The Balaban J connectivity index is 2.43. The van der Waals surface area contributed by atoms with E-state index in [9.17, 15) is 9.90 Å². The highest BCUT2D eigenvalue weighted by Crippen LogP contribution is 2.33. The lowest BCUT2D eigenvalue weighted by Gasteiger charge is -2.24. The molecule has 0 saturated carbocycles. The average Bonchev–Trinajstić information content (AvgIpc) is 2.39. The standard InChI is InChI=1S/C12H15NO3/c1-8-6-4-5-7-9(8)13-10(14)12(2,3)16-11(13)15/h4-7,10,14H,1-3H3/t10-/m0/s1. The predicted molar refractivity (Wildman–Crippen MR) is 60.2 cm³/mol. The van der Waals surface area contributed by atoms with E-state index in [1.54, 1.807) is 19.9 Å². The minimum atomic E-state index is -0.957. The van der Waals surface area contributed by atoms with Crippen molar-refractivity contribution >= 4 is 11.8 Å². The lowest BCUT2D eigenvalue weighted by Crippen LogP contribution is -2.41. The first-order valence-electron chi connectivity index (χ1n) is 5.19. The van der Waals surface area contributed by atoms with Crippen LogP contribution < -0.4 is 4.90 Å². The molecule has 1 saturated heterocycles. The molecule has 0 aromatic heterocycles. The number of rotatable bonds is 1. The average molecular weight is 221 g/mol. The first-order chi connectivity index (χ1) is 7.43. The number of amides is 1. The second kappa shape index (κ2) is 3.49. The van der Waals surface area contributed by atoms with E-state index in [2.05, 4.69) is 0 Å². The molecule has 1 aromatic carbocycles. The van der Waals surface area contributed by atoms with Gasteiger partial charge in [-0.25, -0.2) is 9.69 Å². The largest absolute Gasteiger partial charge is 0.438 e. The van der Waals surface area contributed by atoms with Crippen LogP contribution in [0.1, 0.15) is 19.4 Å². The molecule has 0 bridgehead atoms. The summed E-state index contributed by atoms with van der Waals surface area (Å²) >= 11 is 0. The first kappa shape index (κ1) is 11.0. The number of carbonyl (C=O) groups excluding carboxylic acids is 1. The molecule has 1 amide bonds. The van der Waals surface area contributed by atoms with Crippen LogP contribution in [-0.2, 0) is 4.74 Å². The summed E-state index contributed by atoms with van der Waals surface area (Å²) in [6.07, 6.45) is -1.46. The van der Waals surface area contributed by atoms with Gasteiger partial charge in [0, 0.05) is 0 Å². The number of benzene rings is 1. The number of aliphatic hydroxyl groups is 1. The van der Waals surface area contributed by atoms with Crippen molar-refractivity contribution in [3.05, 3.63) is 29.8 Å². The van der Waals surface area contributed by atoms with Crippen molar-refractivity contribution in [3.63, 3.8) is 0 Å². The van der Waals surface area contributed by atoms with Gasteiger partial charge in [-0.2, -0.15) is 0 Å². The lowest BCUT2D eigenvalue weighted by molar-refractivity contribution is -0.00427. The molecule has 0 spiro atoms. The fraction of sp³-hybridized carbons (Fsp3) is 0.417. The zero-order valence-corrected chi connectivity index (χ0v) is 9.60. The molecule has 2 rings (SSSR count). The van der Waals surface area contributed by atoms with Gasteiger partial charge in [0.1, 0.15) is 0 Å². The summed E-state index contributed by atoms with van der Waals surface area (Å²) in [6, 6.07) is 7.40. The van der Waals surface area contributed by atoms with Crippen molar-refractivity contribution in [1.29, 1.82) is 0 Å². The zero-order valence-electron chi connectivity index (χ0n) is 9.60. The van der Waals surface area contributed by atoms with Crippen molar-refractivity contribution in [3.8, 4) is 0 Å². The van der Waals surface area contributed by atoms with Gasteiger partial charge in [-0.15, -0.1) is 0 Å². The smallest absolute Gasteiger partial charge is 0.417 e. The van der Waals surface area contributed by atoms with Crippen LogP contribution in [0.3, 0.4) is 0 Å². The number of hydrogen-bond acceptors (Lipinski definition) is 3. The van der Waals surface area contributed by atoms with Crippen LogP contribution in [0.4, 0.5) is 10.5 Å². The summed E-state index contributed by atoms with van der Waals surface area (Å²) in [5, 5.41) is 10.0. The van der Waals surface area contributed by atoms with Gasteiger partial charge in [0.2, 0.25) is 0 Å². The molecule has 1 fully saturated rings. The Bertz CT molecular complexity index is 428. The molecule has 0 aliphatic carbocycles. The van der Waals surface area contributed by atoms with E-state index < -0.39 is 17.9 Å². The monoisotopic (exact) mass is 221 g/mol. The maximum Gasteiger partial charge on any atom is 0.417 e. The molecule has 1 atom stereocenters. The highest BCUT2D eigenvalue weighted by molar-refractivity contribution is 5.91. The summed E-state index contributed by atoms with van der Waals surface area (Å²) < 4.78 is 5.12. The van der Waals surface area contributed by atoms with Crippen LogP contribution in [0.15, 0.2) is 24.3 Å². The van der Waals surface area contributed by atoms with Gasteiger partial charge in [-0.3, -0.25) is 0 Å². The topological polar surface area (TPSA) is 49.8 Å². The van der Waals surface area contributed by atoms with Gasteiger partial charge < -0.3 is 9.84 Å². The molecule has 0 unspecified atom stereocenters. The summed E-state index contributed by atoms with van der Waals surface area (Å²) in [4.78, 5) is 13.0. The number of aryl methyl sites for hydroxylation is 1. The van der Waals surface area contributed by atoms with Gasteiger partial charge in [-0.05, 0) is 32.4 Å². The van der Waals surface area contributed by atoms with Crippen LogP contribution >= 0.6 is 0 Å². The van der Waals surface area contributed by atoms with Crippen molar-refractivity contribution in [2.75, 3.05) is 4.90 Å². The molecule has 1 N–H and O–H groups in total. The number of aliphatic hydroxyl groups excluding tert-OH is 1. The van der Waals surface area contributed by atoms with Crippen LogP contribution in [0.5, 0.6) is 0 Å². The minimum Gasteiger partial charge on any atom is -0.438 e. The van der Waals surface area contributed by atoms with E-state index in [0.29, 0.717) is 5.69 Å². The molecule has 1 aliphatic rings. The van der Waals surface area contributed by atoms with Crippen molar-refractivity contribution in [2.24, 2.45) is 0 Å². The minimum absolute atomic E-state index is 0.508. The summed E-state index contributed by atoms with van der Waals surface area (Å²) in [7, 11) is 0. The number of carbonyl (C=O) groups is 1. The number of cyclic esters (lactones) is 1. The fourth-order valence-electron chi connectivity index (χ4n) is 1.80. The Labute approximate surface area is 94.4 Å². The van der Waals surface area contributed by atoms with Crippen LogP contribution in [0, 0.1) is 6.92 Å². The van der Waals surface area contributed by atoms with E-state index in [-0.39, 0.29) is 0 Å². The van der Waals surface area contributed by atoms with Gasteiger partial charge >= 0.3 is 6.09 Å². The molecule has 86 valence electrons. The Morgan fingerprint density at radius 1 is 1.38 bits per heavy atom. The van der Waals surface area contributed by atoms with E-state index in [1.807, 2.05) is 25.1 Å². The summed E-state index contributed by atoms with van der Waals surface area (Å²) in [5.41, 5.74) is 0.737. The predicted octanol–water partition coefficient (Wildman–Crippen LogP) is 2.05. The third kappa shape index (κ3) is 1.55. The van der Waals surface area contributed by atoms with Crippen molar-refractivity contribution < 1.29 is 14.6 Å². The van der Waals surface area contributed by atoms with Crippen LogP contribution in [0.25, 0.3) is 0 Å². The van der Waals surface area contributed by atoms with E-state index in [1.165, 1.54) is 4.90 Å². The number of nitrogens with zero attached hydrogens (tertiary/aromatic N) is 1. The summed E-state index contributed by atoms with van der Waals surface area (Å²) in [6.45, 7) is 5.27. The SMILES string of the molecule is Cc1ccccc1N1C(=O)OC(C)(C)[C@@H]1O. The van der Waals surface area contributed by atoms with Gasteiger partial charge in [-0.1, -0.05) is 18.2 Å². The number of para-hydroxylation sites is 1. The molecule has 1 aromatic rings. The Morgan fingerprint density at radius 2 is 2.00 bits per heavy atom. The Hall–Kier alpha value is -1.55.